The second kappa shape index (κ2) is 13.4. The third-order valence-corrected chi connectivity index (χ3v) is 9.35. The number of carbonyl (C=O) groups is 2. The number of carboxylic acid groups (broad SMARTS) is 1. The lowest BCUT2D eigenvalue weighted by molar-refractivity contribution is -0.181. The second-order valence-corrected chi connectivity index (χ2v) is 12.4. The molecular weight excluding hydrogens is 640 g/mol. The molecule has 0 fully saturated rings. The predicted octanol–water partition coefficient (Wildman–Crippen LogP) is 8.02. The second-order valence-electron chi connectivity index (χ2n) is 11.5. The number of anilines is 1. The molecule has 1 aliphatic rings. The van der Waals surface area contributed by atoms with Crippen LogP contribution in [0.2, 0.25) is 0 Å². The summed E-state index contributed by atoms with van der Waals surface area (Å²) < 4.78 is 7.77. The van der Waals surface area contributed by atoms with Crippen LogP contribution in [0, 0.1) is 0 Å². The van der Waals surface area contributed by atoms with Gasteiger partial charge in [-0.05, 0) is 46.9 Å². The number of ether oxygens (including phenoxy) is 1. The van der Waals surface area contributed by atoms with E-state index in [1.807, 2.05) is 140 Å². The first-order chi connectivity index (χ1) is 22.4. The molecule has 6 nitrogen and oxygen atoms in total. The van der Waals surface area contributed by atoms with E-state index in [4.69, 9.17) is 4.74 Å². The van der Waals surface area contributed by atoms with Crippen LogP contribution in [0.4, 0.5) is 5.69 Å². The highest BCUT2D eigenvalue weighted by Crippen LogP contribution is 2.52. The van der Waals surface area contributed by atoms with Crippen LogP contribution in [0.5, 0.6) is 0 Å². The van der Waals surface area contributed by atoms with Gasteiger partial charge in [-0.1, -0.05) is 144 Å². The molecule has 0 saturated heterocycles. The van der Waals surface area contributed by atoms with E-state index in [-0.39, 0.29) is 19.6 Å². The van der Waals surface area contributed by atoms with Crippen molar-refractivity contribution in [1.82, 2.24) is 5.32 Å². The lowest BCUT2D eigenvalue weighted by Gasteiger charge is -2.46. The summed E-state index contributed by atoms with van der Waals surface area (Å²) in [5.41, 5.74) is 0.809. The van der Waals surface area contributed by atoms with Gasteiger partial charge in [-0.2, -0.15) is 0 Å². The highest BCUT2D eigenvalue weighted by Gasteiger charge is 2.68. The Labute approximate surface area is 277 Å². The zero-order valence-electron chi connectivity index (χ0n) is 25.5. The minimum Gasteiger partial charge on any atom is -0.480 e. The molecule has 2 atom stereocenters. The molecule has 5 aromatic carbocycles. The van der Waals surface area contributed by atoms with Crippen LogP contribution in [0.25, 0.3) is 0 Å². The average Bonchev–Trinajstić information content (AvgIpc) is 3.33. The van der Waals surface area contributed by atoms with E-state index in [2.05, 4.69) is 21.2 Å². The van der Waals surface area contributed by atoms with E-state index in [0.29, 0.717) is 11.3 Å². The summed E-state index contributed by atoms with van der Waals surface area (Å²) in [7, 11) is 0. The topological polar surface area (TPSA) is 78.9 Å². The van der Waals surface area contributed by atoms with Crippen LogP contribution < -0.4 is 10.2 Å². The molecule has 1 unspecified atom stereocenters. The molecule has 6 rings (SSSR count). The van der Waals surface area contributed by atoms with Gasteiger partial charge in [-0.3, -0.25) is 14.9 Å². The Balaban J connectivity index is 1.56. The molecule has 0 aliphatic carbocycles. The van der Waals surface area contributed by atoms with Gasteiger partial charge < -0.3 is 14.7 Å². The van der Waals surface area contributed by atoms with Crippen LogP contribution in [0.15, 0.2) is 144 Å². The van der Waals surface area contributed by atoms with Gasteiger partial charge in [-0.25, -0.2) is 0 Å². The Morgan fingerprint density at radius 3 is 1.91 bits per heavy atom. The number of benzene rings is 5. The minimum absolute atomic E-state index is 0.0184. The lowest BCUT2D eigenvalue weighted by Crippen LogP contribution is -2.70. The molecule has 46 heavy (non-hydrogen) atoms. The molecule has 0 bridgehead atoms. The van der Waals surface area contributed by atoms with Crippen molar-refractivity contribution in [2.75, 3.05) is 4.90 Å². The highest BCUT2D eigenvalue weighted by molar-refractivity contribution is 9.10. The Morgan fingerprint density at radius 1 is 0.804 bits per heavy atom. The van der Waals surface area contributed by atoms with E-state index >= 15 is 4.79 Å². The minimum atomic E-state index is -1.92. The predicted molar refractivity (Wildman–Crippen MR) is 183 cm³/mol. The average molecular weight is 676 g/mol. The van der Waals surface area contributed by atoms with Gasteiger partial charge in [0.15, 0.2) is 5.54 Å². The van der Waals surface area contributed by atoms with Gasteiger partial charge in [0, 0.05) is 10.0 Å². The maximum Gasteiger partial charge on any atom is 0.327 e. The Kier molecular flexibility index (Phi) is 9.17. The number of nitrogens with zero attached hydrogens (tertiary/aromatic N) is 1. The van der Waals surface area contributed by atoms with Crippen molar-refractivity contribution in [3.8, 4) is 0 Å². The van der Waals surface area contributed by atoms with Gasteiger partial charge >= 0.3 is 5.97 Å². The van der Waals surface area contributed by atoms with Gasteiger partial charge in [-0.15, -0.1) is 0 Å². The summed E-state index contributed by atoms with van der Waals surface area (Å²) in [6.45, 7) is 2.08. The zero-order valence-corrected chi connectivity index (χ0v) is 27.1. The van der Waals surface area contributed by atoms with Crippen LogP contribution in [0.3, 0.4) is 0 Å². The fourth-order valence-corrected chi connectivity index (χ4v) is 6.77. The molecule has 1 aliphatic heterocycles. The SMILES string of the molecule is CC[C@](NC(c1ccccc1)c1ccccc1)(C(=O)O)C1(OCc2ccc(Br)cc2)C(=O)N(Cc2ccccc2)c2ccccc21. The fraction of sp³-hybridized carbons (Fsp3) is 0.179. The van der Waals surface area contributed by atoms with Crippen LogP contribution in [0.1, 0.15) is 47.2 Å². The lowest BCUT2D eigenvalue weighted by atomic mass is 9.72. The number of hydrogen-bond acceptors (Lipinski definition) is 4. The number of halogens is 1. The van der Waals surface area contributed by atoms with Gasteiger partial charge in [0.2, 0.25) is 5.60 Å². The van der Waals surface area contributed by atoms with Crippen LogP contribution >= 0.6 is 15.9 Å². The number of fused-ring (bicyclic) bond motifs is 1. The van der Waals surface area contributed by atoms with Gasteiger partial charge in [0.05, 0.1) is 24.9 Å². The fourth-order valence-electron chi connectivity index (χ4n) is 6.50. The van der Waals surface area contributed by atoms with Gasteiger partial charge in [0.1, 0.15) is 0 Å². The Hall–Kier alpha value is -4.56. The molecule has 0 radical (unpaired) electrons. The molecule has 5 aromatic rings. The summed E-state index contributed by atoms with van der Waals surface area (Å²) >= 11 is 3.49. The van der Waals surface area contributed by atoms with E-state index in [0.717, 1.165) is 26.7 Å². The van der Waals surface area contributed by atoms with Crippen molar-refractivity contribution in [2.24, 2.45) is 0 Å². The van der Waals surface area contributed by atoms with Gasteiger partial charge in [0.25, 0.3) is 5.91 Å². The van der Waals surface area contributed by atoms with Crippen molar-refractivity contribution in [2.45, 2.75) is 43.7 Å². The first-order valence-corrected chi connectivity index (χ1v) is 16.1. The monoisotopic (exact) mass is 674 g/mol. The maximum atomic E-state index is 15.2. The molecule has 232 valence electrons. The quantitative estimate of drug-likeness (QED) is 0.140. The van der Waals surface area contributed by atoms with E-state index in [1.54, 1.807) is 11.8 Å². The molecule has 0 saturated carbocycles. The number of rotatable bonds is 12. The third-order valence-electron chi connectivity index (χ3n) is 8.83. The van der Waals surface area contributed by atoms with Crippen molar-refractivity contribution < 1.29 is 19.4 Å². The maximum absolute atomic E-state index is 15.2. The summed E-state index contributed by atoms with van der Waals surface area (Å²) in [5, 5.41) is 15.0. The highest BCUT2D eigenvalue weighted by atomic mass is 79.9. The van der Waals surface area contributed by atoms with Crippen molar-refractivity contribution >= 4 is 33.5 Å². The number of amides is 1. The number of aliphatic carboxylic acids is 1. The number of carbonyl (C=O) groups excluding carboxylic acids is 1. The van der Waals surface area contributed by atoms with Crippen molar-refractivity contribution in [3.05, 3.63) is 172 Å². The molecular formula is C39H35BrN2O4. The summed E-state index contributed by atoms with van der Waals surface area (Å²) in [4.78, 5) is 30.9. The molecule has 0 aromatic heterocycles. The molecule has 0 spiro atoms. The molecule has 1 amide bonds. The zero-order chi connectivity index (χ0) is 32.1. The first kappa shape index (κ1) is 31.4. The van der Waals surface area contributed by atoms with Crippen LogP contribution in [-0.2, 0) is 33.1 Å². The van der Waals surface area contributed by atoms with Crippen LogP contribution in [-0.4, -0.2) is 22.5 Å². The number of para-hydroxylation sites is 1. The molecule has 7 heteroatoms. The van der Waals surface area contributed by atoms with E-state index < -0.39 is 29.1 Å². The third kappa shape index (κ3) is 5.66. The smallest absolute Gasteiger partial charge is 0.327 e. The van der Waals surface area contributed by atoms with E-state index in [1.165, 1.54) is 0 Å². The first-order valence-electron chi connectivity index (χ1n) is 15.3. The van der Waals surface area contributed by atoms with Crippen molar-refractivity contribution in [1.29, 1.82) is 0 Å². The largest absolute Gasteiger partial charge is 0.480 e. The summed E-state index contributed by atoms with van der Waals surface area (Å²) in [5.74, 6) is -1.60. The Morgan fingerprint density at radius 2 is 1.35 bits per heavy atom. The van der Waals surface area contributed by atoms with Crippen molar-refractivity contribution in [3.63, 3.8) is 0 Å². The normalized spacial score (nSPS) is 17.1. The molecule has 1 heterocycles. The number of hydrogen-bond donors (Lipinski definition) is 2. The number of carboxylic acids is 1. The standard InChI is InChI=1S/C39H35BrN2O4/c1-2-38(37(44)45,41-35(30-16-8-4-9-17-30)31-18-10-5-11-19-31)39(46-27-29-22-24-32(40)25-23-29)33-20-12-13-21-34(33)42(36(39)43)26-28-14-6-3-7-15-28/h3-25,35,41H,2,26-27H2,1H3,(H,44,45)/t38-,39?/m0/s1. The van der Waals surface area contributed by atoms with E-state index in [9.17, 15) is 9.90 Å². The summed E-state index contributed by atoms with van der Waals surface area (Å²) in [6.07, 6.45) is 0.0537. The number of nitrogens with one attached hydrogen (secondary N) is 1. The summed E-state index contributed by atoms with van der Waals surface area (Å²) in [6, 6.07) is 43.6. The molecule has 2 N–H and O–H groups in total. The Bertz CT molecular complexity index is 1760.